The summed E-state index contributed by atoms with van der Waals surface area (Å²) in [6.07, 6.45) is 2.70. The Balaban J connectivity index is 1.40. The first-order valence-electron chi connectivity index (χ1n) is 13.8. The van der Waals surface area contributed by atoms with Crippen LogP contribution in [0.25, 0.3) is 22.3 Å². The van der Waals surface area contributed by atoms with E-state index < -0.39 is 17.7 Å². The van der Waals surface area contributed by atoms with E-state index in [1.165, 1.54) is 6.07 Å². The number of pyridine rings is 1. The molecule has 3 aromatic heterocycles. The van der Waals surface area contributed by atoms with Crippen LogP contribution in [0.3, 0.4) is 0 Å². The van der Waals surface area contributed by atoms with Crippen LogP contribution < -0.4 is 10.6 Å². The van der Waals surface area contributed by atoms with Crippen molar-refractivity contribution in [1.82, 2.24) is 39.6 Å². The third kappa shape index (κ3) is 5.75. The molecule has 1 aliphatic heterocycles. The SMILES string of the molecule is CCN1CCN([C@@H](C(=O)NC)c2ccc(Nc3ncc(F)c(-c4cc(F)c5nc(C)n(C(C)C)c5c4)n3)nc2)CC1. The number of aryl methyl sites for hydroxylation is 1. The van der Waals surface area contributed by atoms with Crippen LogP contribution in [0.1, 0.15) is 44.2 Å². The monoisotopic (exact) mass is 563 g/mol. The van der Waals surface area contributed by atoms with E-state index in [1.807, 2.05) is 31.4 Å². The van der Waals surface area contributed by atoms with Crippen molar-refractivity contribution in [2.24, 2.45) is 0 Å². The summed E-state index contributed by atoms with van der Waals surface area (Å²) in [4.78, 5) is 34.5. The third-order valence-corrected chi connectivity index (χ3v) is 7.51. The molecular weight excluding hydrogens is 528 g/mol. The number of nitrogens with zero attached hydrogens (tertiary/aromatic N) is 7. The summed E-state index contributed by atoms with van der Waals surface area (Å²) >= 11 is 0. The lowest BCUT2D eigenvalue weighted by molar-refractivity contribution is -0.127. The quantitative estimate of drug-likeness (QED) is 0.329. The maximum atomic E-state index is 15.0. The number of benzene rings is 1. The van der Waals surface area contributed by atoms with Gasteiger partial charge in [0.25, 0.3) is 0 Å². The molecule has 1 aliphatic rings. The van der Waals surface area contributed by atoms with E-state index in [0.29, 0.717) is 17.2 Å². The van der Waals surface area contributed by atoms with Crippen molar-refractivity contribution in [3.05, 3.63) is 59.7 Å². The molecule has 0 spiro atoms. The van der Waals surface area contributed by atoms with Crippen LogP contribution in [0, 0.1) is 18.6 Å². The smallest absolute Gasteiger partial charge is 0.241 e. The van der Waals surface area contributed by atoms with Gasteiger partial charge in [0, 0.05) is 51.0 Å². The lowest BCUT2D eigenvalue weighted by Gasteiger charge is -2.38. The predicted molar refractivity (Wildman–Crippen MR) is 154 cm³/mol. The van der Waals surface area contributed by atoms with Gasteiger partial charge >= 0.3 is 0 Å². The first-order valence-corrected chi connectivity index (χ1v) is 13.8. The highest BCUT2D eigenvalue weighted by Crippen LogP contribution is 2.31. The number of rotatable bonds is 8. The number of piperazine rings is 1. The first-order chi connectivity index (χ1) is 19.7. The van der Waals surface area contributed by atoms with Gasteiger partial charge in [-0.25, -0.2) is 28.7 Å². The van der Waals surface area contributed by atoms with E-state index in [4.69, 9.17) is 0 Å². The van der Waals surface area contributed by atoms with E-state index in [9.17, 15) is 9.18 Å². The Morgan fingerprint density at radius 3 is 2.41 bits per heavy atom. The molecule has 0 saturated carbocycles. The fraction of sp³-hybridized carbons (Fsp3) is 0.414. The molecule has 1 atom stereocenters. The standard InChI is InChI=1S/C29H35F2N9O/c1-6-38-9-11-39(12-10-38)27(28(41)32-5)19-7-8-24(33-15-19)36-29-34-16-22(31)25(37-29)20-13-21(30)26-23(14-20)40(17(2)3)18(4)35-26/h7-8,13-17,27H,6,9-12H2,1-5H3,(H,32,41)(H,33,34,36,37)/t27-/m1/s1. The normalized spacial score (nSPS) is 15.4. The maximum Gasteiger partial charge on any atom is 0.241 e. The van der Waals surface area contributed by atoms with E-state index in [1.54, 1.807) is 25.4 Å². The Bertz CT molecular complexity index is 1550. The molecule has 1 fully saturated rings. The highest BCUT2D eigenvalue weighted by Gasteiger charge is 2.30. The lowest BCUT2D eigenvalue weighted by Crippen LogP contribution is -2.50. The van der Waals surface area contributed by atoms with Gasteiger partial charge in [-0.15, -0.1) is 0 Å². The van der Waals surface area contributed by atoms with Crippen LogP contribution in [-0.2, 0) is 4.79 Å². The predicted octanol–water partition coefficient (Wildman–Crippen LogP) is 4.22. The molecular formula is C29H35F2N9O. The number of aromatic nitrogens is 5. The molecule has 216 valence electrons. The number of hydrogen-bond acceptors (Lipinski definition) is 8. The number of nitrogens with one attached hydrogen (secondary N) is 2. The van der Waals surface area contributed by atoms with Crippen molar-refractivity contribution in [3.63, 3.8) is 0 Å². The molecule has 4 aromatic rings. The maximum absolute atomic E-state index is 15.0. The van der Waals surface area contributed by atoms with Crippen LogP contribution in [-0.4, -0.2) is 80.0 Å². The molecule has 4 heterocycles. The van der Waals surface area contributed by atoms with Crippen LogP contribution in [0.5, 0.6) is 0 Å². The van der Waals surface area contributed by atoms with E-state index in [-0.39, 0.29) is 34.7 Å². The van der Waals surface area contributed by atoms with Gasteiger partial charge < -0.3 is 20.1 Å². The second-order valence-corrected chi connectivity index (χ2v) is 10.4. The summed E-state index contributed by atoms with van der Waals surface area (Å²) < 4.78 is 31.8. The van der Waals surface area contributed by atoms with Gasteiger partial charge in [-0.3, -0.25) is 9.69 Å². The Labute approximate surface area is 237 Å². The summed E-state index contributed by atoms with van der Waals surface area (Å²) in [7, 11) is 1.63. The Kier molecular flexibility index (Phi) is 8.22. The molecule has 5 rings (SSSR count). The molecule has 1 aromatic carbocycles. The number of carbonyl (C=O) groups excluding carboxylic acids is 1. The fourth-order valence-electron chi connectivity index (χ4n) is 5.45. The second kappa shape index (κ2) is 11.8. The van der Waals surface area contributed by atoms with Crippen LogP contribution in [0.2, 0.25) is 0 Å². The van der Waals surface area contributed by atoms with Gasteiger partial charge in [0.2, 0.25) is 11.9 Å². The van der Waals surface area contributed by atoms with Crippen molar-refractivity contribution in [2.45, 2.75) is 39.8 Å². The summed E-state index contributed by atoms with van der Waals surface area (Å²) in [5.41, 5.74) is 1.81. The zero-order valence-corrected chi connectivity index (χ0v) is 23.9. The Morgan fingerprint density at radius 1 is 1.02 bits per heavy atom. The van der Waals surface area contributed by atoms with Crippen LogP contribution >= 0.6 is 0 Å². The summed E-state index contributed by atoms with van der Waals surface area (Å²) in [6.45, 7) is 12.3. The molecule has 1 saturated heterocycles. The van der Waals surface area contributed by atoms with Gasteiger partial charge in [0.1, 0.15) is 28.9 Å². The molecule has 0 bridgehead atoms. The second-order valence-electron chi connectivity index (χ2n) is 10.4. The summed E-state index contributed by atoms with van der Waals surface area (Å²) in [5.74, 6) is -0.120. The van der Waals surface area contributed by atoms with Gasteiger partial charge in [0.15, 0.2) is 11.6 Å². The number of likely N-dealkylation sites (N-methyl/N-ethyl adjacent to an activating group) is 2. The number of carbonyl (C=O) groups is 1. The molecule has 12 heteroatoms. The Hall–Kier alpha value is -4.03. The average Bonchev–Trinajstić information content (AvgIpc) is 3.32. The van der Waals surface area contributed by atoms with E-state index in [2.05, 4.69) is 47.3 Å². The molecule has 0 radical (unpaired) electrons. The largest absolute Gasteiger partial charge is 0.358 e. The van der Waals surface area contributed by atoms with E-state index in [0.717, 1.165) is 44.5 Å². The molecule has 2 N–H and O–H groups in total. The minimum Gasteiger partial charge on any atom is -0.358 e. The van der Waals surface area contributed by atoms with Crippen molar-refractivity contribution in [1.29, 1.82) is 0 Å². The van der Waals surface area contributed by atoms with Crippen molar-refractivity contribution in [2.75, 3.05) is 45.1 Å². The Morgan fingerprint density at radius 2 is 1.78 bits per heavy atom. The molecule has 1 amide bonds. The fourth-order valence-corrected chi connectivity index (χ4v) is 5.45. The molecule has 0 aliphatic carbocycles. The van der Waals surface area contributed by atoms with Crippen molar-refractivity contribution in [3.8, 4) is 11.3 Å². The zero-order chi connectivity index (χ0) is 29.3. The number of fused-ring (bicyclic) bond motifs is 1. The van der Waals surface area contributed by atoms with Gasteiger partial charge in [0.05, 0.1) is 11.7 Å². The number of hydrogen-bond donors (Lipinski definition) is 2. The van der Waals surface area contributed by atoms with Crippen molar-refractivity contribution < 1.29 is 13.6 Å². The topological polar surface area (TPSA) is 104 Å². The van der Waals surface area contributed by atoms with Gasteiger partial charge in [-0.1, -0.05) is 13.0 Å². The van der Waals surface area contributed by atoms with Crippen molar-refractivity contribution >= 4 is 28.7 Å². The minimum atomic E-state index is -0.679. The third-order valence-electron chi connectivity index (χ3n) is 7.51. The number of amides is 1. The highest BCUT2D eigenvalue weighted by atomic mass is 19.1. The number of imidazole rings is 1. The van der Waals surface area contributed by atoms with Crippen LogP contribution in [0.4, 0.5) is 20.5 Å². The van der Waals surface area contributed by atoms with Crippen LogP contribution in [0.15, 0.2) is 36.7 Å². The summed E-state index contributed by atoms with van der Waals surface area (Å²) in [5, 5.41) is 5.77. The molecule has 41 heavy (non-hydrogen) atoms. The number of halogens is 2. The van der Waals surface area contributed by atoms with E-state index >= 15 is 4.39 Å². The van der Waals surface area contributed by atoms with Gasteiger partial charge in [-0.05, 0) is 51.1 Å². The summed E-state index contributed by atoms with van der Waals surface area (Å²) in [6, 6.07) is 6.09. The first kappa shape index (κ1) is 28.5. The number of anilines is 2. The van der Waals surface area contributed by atoms with Gasteiger partial charge in [-0.2, -0.15) is 0 Å². The highest BCUT2D eigenvalue weighted by molar-refractivity contribution is 5.84. The lowest BCUT2D eigenvalue weighted by atomic mass is 10.1. The average molecular weight is 564 g/mol. The molecule has 0 unspecified atom stereocenters. The minimum absolute atomic E-state index is 0.0417. The zero-order valence-electron chi connectivity index (χ0n) is 23.9. The molecule has 10 nitrogen and oxygen atoms in total.